The normalized spacial score (nSPS) is 10.4. The van der Waals surface area contributed by atoms with Gasteiger partial charge in [0.25, 0.3) is 0 Å². The summed E-state index contributed by atoms with van der Waals surface area (Å²) in [5, 5.41) is 15.1. The third-order valence-electron chi connectivity index (χ3n) is 3.52. The maximum absolute atomic E-state index is 11.9. The zero-order valence-corrected chi connectivity index (χ0v) is 14.1. The molecule has 6 heteroatoms. The molecule has 2 aromatic carbocycles. The summed E-state index contributed by atoms with van der Waals surface area (Å²) in [6.45, 7) is 1.39. The highest BCUT2D eigenvalue weighted by atomic mass is 35.5. The van der Waals surface area contributed by atoms with Crippen molar-refractivity contribution in [3.63, 3.8) is 0 Å². The van der Waals surface area contributed by atoms with Gasteiger partial charge in [0.1, 0.15) is 17.3 Å². The second kappa shape index (κ2) is 6.48. The monoisotopic (exact) mass is 355 g/mol. The summed E-state index contributed by atoms with van der Waals surface area (Å²) in [7, 11) is 0. The van der Waals surface area contributed by atoms with E-state index in [1.165, 1.54) is 6.92 Å². The van der Waals surface area contributed by atoms with Crippen LogP contribution in [0.25, 0.3) is 16.9 Å². The molecule has 118 valence electrons. The second-order valence-electron chi connectivity index (χ2n) is 5.14. The van der Waals surface area contributed by atoms with Crippen LogP contribution in [0.1, 0.15) is 23.0 Å². The van der Waals surface area contributed by atoms with Crippen LogP contribution < -0.4 is 0 Å². The fourth-order valence-corrected chi connectivity index (χ4v) is 2.67. The molecule has 0 amide bonds. The van der Waals surface area contributed by atoms with Gasteiger partial charge in [0.15, 0.2) is 5.78 Å². The Balaban J connectivity index is 2.32. The van der Waals surface area contributed by atoms with E-state index in [0.717, 1.165) is 5.56 Å². The first kappa shape index (κ1) is 16.3. The zero-order valence-electron chi connectivity index (χ0n) is 12.6. The Morgan fingerprint density at radius 3 is 2.08 bits per heavy atom. The van der Waals surface area contributed by atoms with Crippen LogP contribution in [-0.2, 0) is 0 Å². The molecule has 0 atom stereocenters. The van der Waals surface area contributed by atoms with Gasteiger partial charge in [-0.1, -0.05) is 35.3 Å². The number of Topliss-reactive ketones (excluding diaryl/α,β-unsaturated/α-hetero) is 1. The molecule has 1 aromatic heterocycles. The number of nitrogens with zero attached hydrogens (tertiary/aromatic N) is 3. The molecule has 0 fully saturated rings. The van der Waals surface area contributed by atoms with Crippen LogP contribution in [0.15, 0.2) is 48.5 Å². The van der Waals surface area contributed by atoms with Gasteiger partial charge in [0.05, 0.1) is 11.4 Å². The highest BCUT2D eigenvalue weighted by molar-refractivity contribution is 6.30. The number of halogens is 2. The molecule has 0 radical (unpaired) electrons. The van der Waals surface area contributed by atoms with E-state index in [2.05, 4.69) is 11.2 Å². The summed E-state index contributed by atoms with van der Waals surface area (Å²) in [5.41, 5.74) is 2.36. The Hall–Kier alpha value is -2.61. The summed E-state index contributed by atoms with van der Waals surface area (Å²) in [6, 6.07) is 16.1. The quantitative estimate of drug-likeness (QED) is 0.626. The van der Waals surface area contributed by atoms with Gasteiger partial charge in [0.2, 0.25) is 0 Å². The van der Waals surface area contributed by atoms with Gasteiger partial charge in [0, 0.05) is 22.5 Å². The summed E-state index contributed by atoms with van der Waals surface area (Å²) in [4.78, 5) is 11.9. The second-order valence-corrected chi connectivity index (χ2v) is 6.01. The van der Waals surface area contributed by atoms with Crippen LogP contribution in [0, 0.1) is 11.3 Å². The van der Waals surface area contributed by atoms with Gasteiger partial charge in [-0.05, 0) is 36.4 Å². The highest BCUT2D eigenvalue weighted by Crippen LogP contribution is 2.30. The molecule has 3 rings (SSSR count). The average molecular weight is 356 g/mol. The molecule has 3 aromatic rings. The number of carbonyl (C=O) groups excluding carboxylic acids is 1. The van der Waals surface area contributed by atoms with E-state index in [9.17, 15) is 10.1 Å². The van der Waals surface area contributed by atoms with Crippen molar-refractivity contribution >= 4 is 29.0 Å². The predicted molar refractivity (Wildman–Crippen MR) is 93.7 cm³/mol. The van der Waals surface area contributed by atoms with E-state index in [0.29, 0.717) is 21.4 Å². The lowest BCUT2D eigenvalue weighted by atomic mass is 10.0. The number of hydrogen-bond acceptors (Lipinski definition) is 3. The van der Waals surface area contributed by atoms with Crippen LogP contribution in [0.5, 0.6) is 0 Å². The standard InChI is InChI=1S/C18H11Cl2N3O/c1-11(24)17-16(10-21)18(12-2-4-13(19)5-3-12)23(22-17)15-8-6-14(20)7-9-15/h2-9H,1H3. The van der Waals surface area contributed by atoms with Gasteiger partial charge in [-0.3, -0.25) is 4.79 Å². The Labute approximate surface area is 148 Å². The molecule has 0 saturated carbocycles. The minimum atomic E-state index is -0.269. The maximum Gasteiger partial charge on any atom is 0.181 e. The largest absolute Gasteiger partial charge is 0.293 e. The van der Waals surface area contributed by atoms with Gasteiger partial charge in [-0.25, -0.2) is 4.68 Å². The molecule has 0 aliphatic carbocycles. The van der Waals surface area contributed by atoms with Crippen molar-refractivity contribution < 1.29 is 4.79 Å². The van der Waals surface area contributed by atoms with Gasteiger partial charge >= 0.3 is 0 Å². The smallest absolute Gasteiger partial charge is 0.181 e. The van der Waals surface area contributed by atoms with Crippen molar-refractivity contribution in [1.82, 2.24) is 9.78 Å². The first-order valence-electron chi connectivity index (χ1n) is 7.07. The van der Waals surface area contributed by atoms with E-state index >= 15 is 0 Å². The molecule has 4 nitrogen and oxygen atoms in total. The third kappa shape index (κ3) is 2.92. The number of aromatic nitrogens is 2. The Morgan fingerprint density at radius 1 is 1.04 bits per heavy atom. The molecule has 0 N–H and O–H groups in total. The Bertz CT molecular complexity index is 952. The fraction of sp³-hybridized carbons (Fsp3) is 0.0556. The van der Waals surface area contributed by atoms with Crippen LogP contribution in [0.4, 0.5) is 0 Å². The van der Waals surface area contributed by atoms with Gasteiger partial charge in [-0.15, -0.1) is 0 Å². The molecule has 0 bridgehead atoms. The van der Waals surface area contributed by atoms with E-state index in [1.54, 1.807) is 53.2 Å². The van der Waals surface area contributed by atoms with Crippen molar-refractivity contribution in [3.05, 3.63) is 69.8 Å². The lowest BCUT2D eigenvalue weighted by molar-refractivity contribution is 0.101. The van der Waals surface area contributed by atoms with Crippen LogP contribution in [-0.4, -0.2) is 15.6 Å². The molecule has 0 saturated heterocycles. The molecule has 0 unspecified atom stereocenters. The summed E-state index contributed by atoms with van der Waals surface area (Å²) >= 11 is 11.9. The Morgan fingerprint density at radius 2 is 1.58 bits per heavy atom. The SMILES string of the molecule is CC(=O)c1nn(-c2ccc(Cl)cc2)c(-c2ccc(Cl)cc2)c1C#N. The van der Waals surface area contributed by atoms with Crippen LogP contribution in [0.3, 0.4) is 0 Å². The number of benzene rings is 2. The van der Waals surface area contributed by atoms with E-state index in [4.69, 9.17) is 23.2 Å². The van der Waals surface area contributed by atoms with Gasteiger partial charge in [-0.2, -0.15) is 10.4 Å². The van der Waals surface area contributed by atoms with E-state index < -0.39 is 0 Å². The Kier molecular flexibility index (Phi) is 4.39. The minimum absolute atomic E-state index is 0.136. The van der Waals surface area contributed by atoms with E-state index in [1.807, 2.05) is 0 Å². The fourth-order valence-electron chi connectivity index (χ4n) is 2.41. The molecule has 0 aliphatic heterocycles. The van der Waals surface area contributed by atoms with Crippen molar-refractivity contribution in [2.45, 2.75) is 6.92 Å². The number of nitriles is 1. The zero-order chi connectivity index (χ0) is 17.3. The van der Waals surface area contributed by atoms with Crippen molar-refractivity contribution in [2.24, 2.45) is 0 Å². The highest BCUT2D eigenvalue weighted by Gasteiger charge is 2.22. The third-order valence-corrected chi connectivity index (χ3v) is 4.02. The topological polar surface area (TPSA) is 58.7 Å². The first-order valence-corrected chi connectivity index (χ1v) is 7.83. The molecule has 0 aliphatic rings. The molecule has 24 heavy (non-hydrogen) atoms. The summed E-state index contributed by atoms with van der Waals surface area (Å²) < 4.78 is 1.58. The van der Waals surface area contributed by atoms with Crippen LogP contribution >= 0.6 is 23.2 Å². The number of carbonyl (C=O) groups is 1. The number of rotatable bonds is 3. The molecular weight excluding hydrogens is 345 g/mol. The lowest BCUT2D eigenvalue weighted by Gasteiger charge is -2.08. The summed E-state index contributed by atoms with van der Waals surface area (Å²) in [5.74, 6) is -0.269. The number of ketones is 1. The van der Waals surface area contributed by atoms with Crippen LogP contribution in [0.2, 0.25) is 10.0 Å². The van der Waals surface area contributed by atoms with E-state index in [-0.39, 0.29) is 17.0 Å². The minimum Gasteiger partial charge on any atom is -0.293 e. The molecule has 1 heterocycles. The molecule has 0 spiro atoms. The molecular formula is C18H11Cl2N3O. The average Bonchev–Trinajstić information content (AvgIpc) is 2.96. The predicted octanol–water partition coefficient (Wildman–Crippen LogP) is 4.92. The first-order chi connectivity index (χ1) is 11.5. The van der Waals surface area contributed by atoms with Crippen molar-refractivity contribution in [2.75, 3.05) is 0 Å². The maximum atomic E-state index is 11.9. The van der Waals surface area contributed by atoms with Gasteiger partial charge < -0.3 is 0 Å². The number of hydrogen-bond donors (Lipinski definition) is 0. The van der Waals surface area contributed by atoms with Crippen molar-refractivity contribution in [1.29, 1.82) is 5.26 Å². The summed E-state index contributed by atoms with van der Waals surface area (Å²) in [6.07, 6.45) is 0. The lowest BCUT2D eigenvalue weighted by Crippen LogP contribution is -2.01. The van der Waals surface area contributed by atoms with Crippen molar-refractivity contribution in [3.8, 4) is 23.0 Å².